The van der Waals surface area contributed by atoms with Gasteiger partial charge in [0.1, 0.15) is 5.82 Å². The van der Waals surface area contributed by atoms with Crippen LogP contribution in [0.25, 0.3) is 0 Å². The van der Waals surface area contributed by atoms with E-state index >= 15 is 0 Å². The molecule has 1 fully saturated rings. The van der Waals surface area contributed by atoms with Gasteiger partial charge in [-0.1, -0.05) is 0 Å². The molecule has 1 aromatic heterocycles. The molecule has 3 heterocycles. The fourth-order valence-corrected chi connectivity index (χ4v) is 3.97. The zero-order valence-electron chi connectivity index (χ0n) is 17.8. The molecule has 3 N–H and O–H groups in total. The Morgan fingerprint density at radius 3 is 2.56 bits per heavy atom. The molecular formula is C22H25N5O5. The molecule has 2 amide bonds. The van der Waals surface area contributed by atoms with Gasteiger partial charge in [-0.25, -0.2) is 4.79 Å². The first-order valence-corrected chi connectivity index (χ1v) is 10.7. The van der Waals surface area contributed by atoms with Crippen molar-refractivity contribution in [2.75, 3.05) is 35.2 Å². The number of H-pyrrole nitrogens is 1. The third-order valence-corrected chi connectivity index (χ3v) is 5.57. The van der Waals surface area contributed by atoms with Gasteiger partial charge in [0.05, 0.1) is 23.7 Å². The highest BCUT2D eigenvalue weighted by Gasteiger charge is 2.35. The highest BCUT2D eigenvalue weighted by atomic mass is 16.5. The number of esters is 1. The Morgan fingerprint density at radius 2 is 1.88 bits per heavy atom. The van der Waals surface area contributed by atoms with Crippen molar-refractivity contribution in [1.82, 2.24) is 9.97 Å². The van der Waals surface area contributed by atoms with Crippen LogP contribution in [0.3, 0.4) is 0 Å². The fourth-order valence-electron chi connectivity index (χ4n) is 3.97. The molecule has 1 atom stereocenters. The lowest BCUT2D eigenvalue weighted by Crippen LogP contribution is -2.38. The summed E-state index contributed by atoms with van der Waals surface area (Å²) < 4.78 is 4.94. The Kier molecular flexibility index (Phi) is 6.20. The normalized spacial score (nSPS) is 17.8. The van der Waals surface area contributed by atoms with Crippen LogP contribution in [-0.2, 0) is 14.3 Å². The Hall–Kier alpha value is -3.69. The molecule has 0 aliphatic carbocycles. The van der Waals surface area contributed by atoms with Gasteiger partial charge in [0.25, 0.3) is 5.56 Å². The predicted molar refractivity (Wildman–Crippen MR) is 118 cm³/mol. The van der Waals surface area contributed by atoms with E-state index in [0.717, 1.165) is 32.4 Å². The number of nitrogens with one attached hydrogen (secondary N) is 3. The fraction of sp³-hybridized carbons (Fsp3) is 0.409. The van der Waals surface area contributed by atoms with Crippen LogP contribution in [0.2, 0.25) is 0 Å². The van der Waals surface area contributed by atoms with E-state index in [1.54, 1.807) is 19.1 Å². The maximum Gasteiger partial charge on any atom is 0.338 e. The lowest BCUT2D eigenvalue weighted by molar-refractivity contribution is -0.123. The number of fused-ring (bicyclic) bond motifs is 1. The number of anilines is 3. The Balaban J connectivity index is 1.55. The van der Waals surface area contributed by atoms with E-state index in [1.165, 1.54) is 12.1 Å². The van der Waals surface area contributed by atoms with Gasteiger partial charge in [-0.2, -0.15) is 4.98 Å². The van der Waals surface area contributed by atoms with Gasteiger partial charge in [0.15, 0.2) is 0 Å². The Morgan fingerprint density at radius 1 is 1.16 bits per heavy atom. The lowest BCUT2D eigenvalue weighted by atomic mass is 9.92. The first kappa shape index (κ1) is 21.5. The number of benzene rings is 1. The summed E-state index contributed by atoms with van der Waals surface area (Å²) in [5, 5.41) is 5.35. The number of carbonyl (C=O) groups is 3. The molecule has 0 radical (unpaired) electrons. The number of hydrogen-bond acceptors (Lipinski definition) is 7. The molecule has 2 aliphatic rings. The second kappa shape index (κ2) is 9.21. The van der Waals surface area contributed by atoms with Gasteiger partial charge >= 0.3 is 5.97 Å². The average molecular weight is 439 g/mol. The van der Waals surface area contributed by atoms with Gasteiger partial charge in [0, 0.05) is 25.2 Å². The minimum Gasteiger partial charge on any atom is -0.462 e. The van der Waals surface area contributed by atoms with Crippen LogP contribution in [0.4, 0.5) is 17.5 Å². The molecule has 0 unspecified atom stereocenters. The van der Waals surface area contributed by atoms with Crippen LogP contribution in [0.5, 0.6) is 0 Å². The molecule has 2 aromatic rings. The maximum absolute atomic E-state index is 13.0. The molecule has 32 heavy (non-hydrogen) atoms. The number of piperidine rings is 1. The topological polar surface area (TPSA) is 133 Å². The van der Waals surface area contributed by atoms with E-state index in [4.69, 9.17) is 4.74 Å². The van der Waals surface area contributed by atoms with Crippen molar-refractivity contribution in [2.24, 2.45) is 0 Å². The van der Waals surface area contributed by atoms with Crippen LogP contribution in [0.15, 0.2) is 29.1 Å². The number of aromatic amines is 1. The van der Waals surface area contributed by atoms with Crippen molar-refractivity contribution in [3.05, 3.63) is 45.7 Å². The summed E-state index contributed by atoms with van der Waals surface area (Å²) in [6, 6.07) is 6.20. The molecular weight excluding hydrogens is 414 g/mol. The number of aromatic nitrogens is 2. The summed E-state index contributed by atoms with van der Waals surface area (Å²) in [7, 11) is 0. The molecule has 0 spiro atoms. The zero-order chi connectivity index (χ0) is 22.7. The Labute approximate surface area is 184 Å². The van der Waals surface area contributed by atoms with Crippen molar-refractivity contribution in [3.63, 3.8) is 0 Å². The van der Waals surface area contributed by atoms with E-state index in [2.05, 4.69) is 20.6 Å². The van der Waals surface area contributed by atoms with Crippen LogP contribution < -0.4 is 21.1 Å². The van der Waals surface area contributed by atoms with Crippen molar-refractivity contribution >= 4 is 35.2 Å². The quantitative estimate of drug-likeness (QED) is 0.607. The second-order valence-electron chi connectivity index (χ2n) is 7.79. The van der Waals surface area contributed by atoms with Crippen LogP contribution >= 0.6 is 0 Å². The number of amides is 2. The molecule has 10 nitrogen and oxygen atoms in total. The summed E-state index contributed by atoms with van der Waals surface area (Å²) in [4.78, 5) is 59.1. The molecule has 1 saturated heterocycles. The monoisotopic (exact) mass is 439 g/mol. The first-order chi connectivity index (χ1) is 15.5. The van der Waals surface area contributed by atoms with E-state index < -0.39 is 23.4 Å². The zero-order valence-corrected chi connectivity index (χ0v) is 17.8. The molecule has 1 aromatic carbocycles. The van der Waals surface area contributed by atoms with Gasteiger partial charge in [-0.3, -0.25) is 19.4 Å². The van der Waals surface area contributed by atoms with Crippen LogP contribution in [-0.4, -0.2) is 47.4 Å². The molecule has 4 rings (SSSR count). The second-order valence-corrected chi connectivity index (χ2v) is 7.79. The summed E-state index contributed by atoms with van der Waals surface area (Å²) in [5.74, 6) is -1.77. The molecule has 0 saturated carbocycles. The summed E-state index contributed by atoms with van der Waals surface area (Å²) in [6.07, 6.45) is 2.99. The summed E-state index contributed by atoms with van der Waals surface area (Å²) >= 11 is 0. The third kappa shape index (κ3) is 4.48. The van der Waals surface area contributed by atoms with E-state index in [-0.39, 0.29) is 30.3 Å². The van der Waals surface area contributed by atoms with Gasteiger partial charge in [0.2, 0.25) is 17.8 Å². The van der Waals surface area contributed by atoms with E-state index in [9.17, 15) is 19.2 Å². The van der Waals surface area contributed by atoms with Crippen molar-refractivity contribution in [1.29, 1.82) is 0 Å². The average Bonchev–Trinajstić information content (AvgIpc) is 2.79. The van der Waals surface area contributed by atoms with Gasteiger partial charge < -0.3 is 20.3 Å². The smallest absolute Gasteiger partial charge is 0.338 e. The third-order valence-electron chi connectivity index (χ3n) is 5.57. The number of ether oxygens (including phenoxy) is 1. The van der Waals surface area contributed by atoms with Crippen LogP contribution in [0.1, 0.15) is 54.4 Å². The standard InChI is InChI=1S/C22H25N5O5/c1-2-32-21(31)13-6-8-14(9-7-13)23-19(29)15-12-16(28)24-18-17(15)20(30)26-22(25-18)27-10-4-3-5-11-27/h6-9,15H,2-5,10-12H2,1H3,(H,23,29)(H2,24,25,26,28,30)/t15-/m1/s1. The minimum absolute atomic E-state index is 0.128. The summed E-state index contributed by atoms with van der Waals surface area (Å²) in [6.45, 7) is 3.54. The maximum atomic E-state index is 13.0. The van der Waals surface area contributed by atoms with E-state index in [0.29, 0.717) is 17.2 Å². The largest absolute Gasteiger partial charge is 0.462 e. The number of hydrogen-bond donors (Lipinski definition) is 3. The molecule has 10 heteroatoms. The van der Waals surface area contributed by atoms with Crippen molar-refractivity contribution in [3.8, 4) is 0 Å². The van der Waals surface area contributed by atoms with Gasteiger partial charge in [-0.05, 0) is 50.5 Å². The van der Waals surface area contributed by atoms with E-state index in [1.807, 2.05) is 4.90 Å². The van der Waals surface area contributed by atoms with Crippen molar-refractivity contribution in [2.45, 2.75) is 38.5 Å². The minimum atomic E-state index is -0.977. The highest BCUT2D eigenvalue weighted by Crippen LogP contribution is 2.30. The predicted octanol–water partition coefficient (Wildman–Crippen LogP) is 2.00. The lowest BCUT2D eigenvalue weighted by Gasteiger charge is -2.29. The first-order valence-electron chi connectivity index (χ1n) is 10.7. The Bertz CT molecular complexity index is 1090. The SMILES string of the molecule is CCOC(=O)c1ccc(NC(=O)[C@@H]2CC(=O)Nc3nc(N4CCCCC4)[nH]c(=O)c32)cc1. The van der Waals surface area contributed by atoms with Crippen LogP contribution in [0, 0.1) is 0 Å². The number of carbonyl (C=O) groups excluding carboxylic acids is 3. The summed E-state index contributed by atoms with van der Waals surface area (Å²) in [5.41, 5.74) is 0.502. The molecule has 0 bridgehead atoms. The molecule has 2 aliphatic heterocycles. The molecule has 168 valence electrons. The van der Waals surface area contributed by atoms with Gasteiger partial charge in [-0.15, -0.1) is 0 Å². The van der Waals surface area contributed by atoms with Crippen molar-refractivity contribution < 1.29 is 19.1 Å². The number of rotatable bonds is 5. The highest BCUT2D eigenvalue weighted by molar-refractivity contribution is 6.04. The number of nitrogens with zero attached hydrogens (tertiary/aromatic N) is 2.